The minimum absolute atomic E-state index is 0.157. The van der Waals surface area contributed by atoms with Gasteiger partial charge in [0.05, 0.1) is 4.90 Å². The van der Waals surface area contributed by atoms with Crippen LogP contribution in [0.5, 0.6) is 0 Å². The van der Waals surface area contributed by atoms with Crippen molar-refractivity contribution in [2.75, 3.05) is 4.72 Å². The molecule has 0 unspecified atom stereocenters. The molecule has 1 fully saturated rings. The number of hydrogen-bond acceptors (Lipinski definition) is 5. The number of hydrogen-bond donors (Lipinski definition) is 2. The molecule has 8 heteroatoms. The van der Waals surface area contributed by atoms with Crippen LogP contribution in [-0.2, 0) is 10.0 Å². The molecule has 1 aliphatic carbocycles. The number of anilines is 1. The molecule has 0 bridgehead atoms. The van der Waals surface area contributed by atoms with Crippen molar-refractivity contribution in [2.45, 2.75) is 23.8 Å². The van der Waals surface area contributed by atoms with Crippen LogP contribution in [0.15, 0.2) is 40.6 Å². The highest BCUT2D eigenvalue weighted by Crippen LogP contribution is 2.22. The van der Waals surface area contributed by atoms with Gasteiger partial charge < -0.3 is 5.32 Å². The first-order chi connectivity index (χ1) is 10.0. The number of thiazole rings is 1. The van der Waals surface area contributed by atoms with Gasteiger partial charge in [-0.3, -0.25) is 9.52 Å². The maximum absolute atomic E-state index is 12.1. The Hall–Kier alpha value is -1.93. The Morgan fingerprint density at radius 1 is 1.24 bits per heavy atom. The SMILES string of the molecule is O=C(NC1CC1)c1csc(NS(=O)(=O)c2ccccc2)n1. The molecule has 6 nitrogen and oxygen atoms in total. The smallest absolute Gasteiger partial charge is 0.271 e. The molecule has 1 aromatic heterocycles. The third-order valence-electron chi connectivity index (χ3n) is 2.92. The number of amides is 1. The summed E-state index contributed by atoms with van der Waals surface area (Å²) in [6.45, 7) is 0. The van der Waals surface area contributed by atoms with Crippen molar-refractivity contribution in [3.8, 4) is 0 Å². The first kappa shape index (κ1) is 14.0. The summed E-state index contributed by atoms with van der Waals surface area (Å²) in [5.41, 5.74) is 0.234. The molecular weight excluding hydrogens is 310 g/mol. The summed E-state index contributed by atoms with van der Waals surface area (Å²) in [6.07, 6.45) is 1.98. The zero-order valence-electron chi connectivity index (χ0n) is 10.9. The number of benzene rings is 1. The molecule has 1 aliphatic rings. The number of sulfonamides is 1. The van der Waals surface area contributed by atoms with E-state index >= 15 is 0 Å². The van der Waals surface area contributed by atoms with Crippen molar-refractivity contribution in [3.63, 3.8) is 0 Å². The number of nitrogens with zero attached hydrogens (tertiary/aromatic N) is 1. The highest BCUT2D eigenvalue weighted by atomic mass is 32.2. The van der Waals surface area contributed by atoms with E-state index in [9.17, 15) is 13.2 Å². The van der Waals surface area contributed by atoms with Gasteiger partial charge in [-0.1, -0.05) is 18.2 Å². The molecule has 0 radical (unpaired) electrons. The molecule has 3 rings (SSSR count). The van der Waals surface area contributed by atoms with Gasteiger partial charge in [0.1, 0.15) is 5.69 Å². The van der Waals surface area contributed by atoms with Crippen LogP contribution in [-0.4, -0.2) is 25.4 Å². The maximum atomic E-state index is 12.1. The van der Waals surface area contributed by atoms with Gasteiger partial charge in [0.2, 0.25) is 0 Å². The monoisotopic (exact) mass is 323 g/mol. The van der Waals surface area contributed by atoms with Gasteiger partial charge in [-0.25, -0.2) is 13.4 Å². The number of carbonyl (C=O) groups is 1. The van der Waals surface area contributed by atoms with E-state index in [0.717, 1.165) is 24.2 Å². The quantitative estimate of drug-likeness (QED) is 0.879. The minimum atomic E-state index is -3.67. The van der Waals surface area contributed by atoms with Crippen LogP contribution in [0.3, 0.4) is 0 Å². The summed E-state index contributed by atoms with van der Waals surface area (Å²) in [7, 11) is -3.67. The van der Waals surface area contributed by atoms with E-state index in [2.05, 4.69) is 15.0 Å². The van der Waals surface area contributed by atoms with Crippen LogP contribution in [0.4, 0.5) is 5.13 Å². The molecule has 2 aromatic rings. The predicted molar refractivity (Wildman–Crippen MR) is 79.9 cm³/mol. The fourth-order valence-electron chi connectivity index (χ4n) is 1.69. The Kier molecular flexibility index (Phi) is 3.64. The zero-order valence-corrected chi connectivity index (χ0v) is 12.6. The van der Waals surface area contributed by atoms with E-state index < -0.39 is 10.0 Å². The standard InChI is InChI=1S/C13H13N3O3S2/c17-12(14-9-6-7-9)11-8-20-13(15-11)16-21(18,19)10-4-2-1-3-5-10/h1-5,8-9H,6-7H2,(H,14,17)(H,15,16). The van der Waals surface area contributed by atoms with Gasteiger partial charge in [-0.05, 0) is 25.0 Å². The van der Waals surface area contributed by atoms with Gasteiger partial charge in [0, 0.05) is 11.4 Å². The molecule has 0 spiro atoms. The number of aromatic nitrogens is 1. The van der Waals surface area contributed by atoms with E-state index in [0.29, 0.717) is 0 Å². The number of rotatable bonds is 5. The summed E-state index contributed by atoms with van der Waals surface area (Å²) < 4.78 is 26.6. The summed E-state index contributed by atoms with van der Waals surface area (Å²) in [5, 5.41) is 4.53. The van der Waals surface area contributed by atoms with Crippen LogP contribution < -0.4 is 10.0 Å². The molecule has 1 aromatic carbocycles. The molecule has 0 atom stereocenters. The van der Waals surface area contributed by atoms with E-state index in [4.69, 9.17) is 0 Å². The average molecular weight is 323 g/mol. The molecule has 0 saturated heterocycles. The van der Waals surface area contributed by atoms with Gasteiger partial charge in [0.15, 0.2) is 5.13 Å². The molecule has 0 aliphatic heterocycles. The van der Waals surface area contributed by atoms with Gasteiger partial charge in [0.25, 0.3) is 15.9 Å². The third-order valence-corrected chi connectivity index (χ3v) is 5.17. The second kappa shape index (κ2) is 5.45. The summed E-state index contributed by atoms with van der Waals surface area (Å²) in [4.78, 5) is 16.0. The summed E-state index contributed by atoms with van der Waals surface area (Å²) in [5.74, 6) is -0.265. The lowest BCUT2D eigenvalue weighted by molar-refractivity contribution is 0.0947. The molecule has 1 saturated carbocycles. The third kappa shape index (κ3) is 3.40. The van der Waals surface area contributed by atoms with Crippen molar-refractivity contribution in [3.05, 3.63) is 41.4 Å². The van der Waals surface area contributed by atoms with Crippen LogP contribution in [0.2, 0.25) is 0 Å². The van der Waals surface area contributed by atoms with E-state index in [1.807, 2.05) is 0 Å². The first-order valence-corrected chi connectivity index (χ1v) is 8.75. The van der Waals surface area contributed by atoms with Crippen molar-refractivity contribution in [1.29, 1.82) is 0 Å². The lowest BCUT2D eigenvalue weighted by atomic mass is 10.4. The Bertz CT molecular complexity index is 752. The van der Waals surface area contributed by atoms with E-state index in [-0.39, 0.29) is 27.7 Å². The lowest BCUT2D eigenvalue weighted by Crippen LogP contribution is -2.25. The highest BCUT2D eigenvalue weighted by molar-refractivity contribution is 7.93. The normalized spacial score (nSPS) is 14.7. The van der Waals surface area contributed by atoms with Crippen molar-refractivity contribution in [2.24, 2.45) is 0 Å². The fraction of sp³-hybridized carbons (Fsp3) is 0.231. The lowest BCUT2D eigenvalue weighted by Gasteiger charge is -2.04. The Morgan fingerprint density at radius 2 is 1.95 bits per heavy atom. The number of nitrogens with one attached hydrogen (secondary N) is 2. The van der Waals surface area contributed by atoms with Gasteiger partial charge >= 0.3 is 0 Å². The van der Waals surface area contributed by atoms with Crippen molar-refractivity contribution >= 4 is 32.4 Å². The maximum Gasteiger partial charge on any atom is 0.271 e. The predicted octanol–water partition coefficient (Wildman–Crippen LogP) is 1.84. The van der Waals surface area contributed by atoms with Crippen molar-refractivity contribution < 1.29 is 13.2 Å². The van der Waals surface area contributed by atoms with Gasteiger partial charge in [-0.2, -0.15) is 0 Å². The van der Waals surface area contributed by atoms with Crippen LogP contribution in [0.25, 0.3) is 0 Å². The summed E-state index contributed by atoms with van der Waals surface area (Å²) >= 11 is 1.08. The fourth-order valence-corrected chi connectivity index (χ4v) is 3.65. The zero-order chi connectivity index (χ0) is 14.9. The second-order valence-corrected chi connectivity index (χ2v) is 7.24. The molecule has 21 heavy (non-hydrogen) atoms. The van der Waals surface area contributed by atoms with Gasteiger partial charge in [-0.15, -0.1) is 11.3 Å². The topological polar surface area (TPSA) is 88.2 Å². The second-order valence-electron chi connectivity index (χ2n) is 4.70. The van der Waals surface area contributed by atoms with Crippen LogP contribution in [0.1, 0.15) is 23.3 Å². The molecule has 2 N–H and O–H groups in total. The van der Waals surface area contributed by atoms with E-state index in [1.165, 1.54) is 12.1 Å². The Balaban J connectivity index is 1.73. The highest BCUT2D eigenvalue weighted by Gasteiger charge is 2.25. The molecule has 1 heterocycles. The van der Waals surface area contributed by atoms with Crippen LogP contribution >= 0.6 is 11.3 Å². The number of carbonyl (C=O) groups excluding carboxylic acids is 1. The summed E-state index contributed by atoms with van der Waals surface area (Å²) in [6, 6.07) is 8.26. The largest absolute Gasteiger partial charge is 0.348 e. The minimum Gasteiger partial charge on any atom is -0.348 e. The van der Waals surface area contributed by atoms with E-state index in [1.54, 1.807) is 23.6 Å². The van der Waals surface area contributed by atoms with Crippen molar-refractivity contribution in [1.82, 2.24) is 10.3 Å². The molecule has 110 valence electrons. The van der Waals surface area contributed by atoms with Crippen LogP contribution in [0, 0.1) is 0 Å². The first-order valence-electron chi connectivity index (χ1n) is 6.39. The average Bonchev–Trinajstić information content (AvgIpc) is 3.16. The molecule has 1 amide bonds. The Morgan fingerprint density at radius 3 is 2.62 bits per heavy atom. The molecular formula is C13H13N3O3S2. The Labute approximate surface area is 126 Å².